The maximum Gasteiger partial charge on any atom is 0.212 e. The van der Waals surface area contributed by atoms with Crippen molar-refractivity contribution in [2.75, 3.05) is 14.1 Å². The molecule has 0 saturated heterocycles. The summed E-state index contributed by atoms with van der Waals surface area (Å²) in [5, 5.41) is 19.4. The molecule has 0 radical (unpaired) electrons. The topological polar surface area (TPSA) is 137 Å². The van der Waals surface area contributed by atoms with Gasteiger partial charge in [0.1, 0.15) is 11.5 Å². The molecule has 23 heavy (non-hydrogen) atoms. The summed E-state index contributed by atoms with van der Waals surface area (Å²) in [6, 6.07) is 3.65. The molecular formula is C13H16N8OS. The minimum absolute atomic E-state index is 0.298. The molecule has 0 amide bonds. The fourth-order valence-electron chi connectivity index (χ4n) is 1.60. The number of aromatic nitrogens is 1. The number of furan rings is 1. The van der Waals surface area contributed by atoms with Crippen molar-refractivity contribution in [3.8, 4) is 17.6 Å². The Morgan fingerprint density at radius 2 is 2.26 bits per heavy atom. The Morgan fingerprint density at radius 3 is 2.96 bits per heavy atom. The molecule has 0 aromatic carbocycles. The number of aliphatic imine (C=N–C) groups is 2. The molecule has 0 saturated carbocycles. The highest BCUT2D eigenvalue weighted by Gasteiger charge is 2.09. The van der Waals surface area contributed by atoms with E-state index in [0.717, 1.165) is 0 Å². The Labute approximate surface area is 137 Å². The van der Waals surface area contributed by atoms with Gasteiger partial charge in [0.15, 0.2) is 11.7 Å². The van der Waals surface area contributed by atoms with Crippen LogP contribution >= 0.6 is 11.3 Å². The van der Waals surface area contributed by atoms with Gasteiger partial charge >= 0.3 is 0 Å². The second kappa shape index (κ2) is 7.81. The van der Waals surface area contributed by atoms with Crippen LogP contribution in [0.25, 0.3) is 11.5 Å². The maximum atomic E-state index is 8.53. The number of guanidine groups is 2. The Morgan fingerprint density at radius 1 is 1.43 bits per heavy atom. The second-order valence-corrected chi connectivity index (χ2v) is 5.03. The Bertz CT molecular complexity index is 754. The molecule has 0 aliphatic heterocycles. The van der Waals surface area contributed by atoms with Crippen molar-refractivity contribution in [3.63, 3.8) is 0 Å². The van der Waals surface area contributed by atoms with Crippen LogP contribution in [-0.2, 0) is 6.54 Å². The van der Waals surface area contributed by atoms with Crippen molar-refractivity contribution in [3.05, 3.63) is 23.3 Å². The van der Waals surface area contributed by atoms with Crippen LogP contribution in [0.4, 0.5) is 5.13 Å². The Hall–Kier alpha value is -3.06. The fraction of sp³-hybridized carbons (Fsp3) is 0.231. The summed E-state index contributed by atoms with van der Waals surface area (Å²) in [6.07, 6.45) is 1.71. The van der Waals surface area contributed by atoms with Gasteiger partial charge in [-0.05, 0) is 12.1 Å². The number of rotatable bonds is 4. The van der Waals surface area contributed by atoms with Gasteiger partial charge in [0, 0.05) is 19.5 Å². The molecule has 0 fully saturated rings. The van der Waals surface area contributed by atoms with Gasteiger partial charge in [0.25, 0.3) is 0 Å². The quantitative estimate of drug-likeness (QED) is 0.368. The van der Waals surface area contributed by atoms with Crippen molar-refractivity contribution < 1.29 is 4.42 Å². The lowest BCUT2D eigenvalue weighted by molar-refractivity contribution is 0.513. The zero-order chi connectivity index (χ0) is 16.7. The molecule has 2 heterocycles. The van der Waals surface area contributed by atoms with Gasteiger partial charge in [-0.15, -0.1) is 16.3 Å². The number of nitriles is 1. The van der Waals surface area contributed by atoms with Crippen LogP contribution in [0.1, 0.15) is 5.76 Å². The zero-order valence-electron chi connectivity index (χ0n) is 12.6. The van der Waals surface area contributed by atoms with E-state index in [1.807, 2.05) is 17.5 Å². The summed E-state index contributed by atoms with van der Waals surface area (Å²) >= 11 is 1.37. The van der Waals surface area contributed by atoms with Crippen LogP contribution in [0.15, 0.2) is 31.9 Å². The largest absolute Gasteiger partial charge is 0.458 e. The average molecular weight is 332 g/mol. The average Bonchev–Trinajstić information content (AvgIpc) is 3.20. The molecule has 0 aliphatic rings. The van der Waals surface area contributed by atoms with Crippen molar-refractivity contribution in [2.24, 2.45) is 15.7 Å². The van der Waals surface area contributed by atoms with Crippen molar-refractivity contribution in [1.29, 1.82) is 5.26 Å². The normalized spacial score (nSPS) is 11.9. The smallest absolute Gasteiger partial charge is 0.212 e. The number of thiazole rings is 1. The number of nitrogens with one attached hydrogen (secondary N) is 3. The summed E-state index contributed by atoms with van der Waals surface area (Å²) in [4.78, 5) is 12.0. The molecule has 10 heteroatoms. The van der Waals surface area contributed by atoms with E-state index in [0.29, 0.717) is 40.8 Å². The minimum atomic E-state index is 0.298. The van der Waals surface area contributed by atoms with Gasteiger partial charge in [-0.1, -0.05) is 0 Å². The summed E-state index contributed by atoms with van der Waals surface area (Å²) in [5.41, 5.74) is 6.28. The van der Waals surface area contributed by atoms with Crippen LogP contribution in [0.2, 0.25) is 0 Å². The van der Waals surface area contributed by atoms with E-state index < -0.39 is 0 Å². The summed E-state index contributed by atoms with van der Waals surface area (Å²) in [5.74, 6) is 1.99. The molecule has 0 bridgehead atoms. The molecule has 0 atom stereocenters. The van der Waals surface area contributed by atoms with E-state index in [1.165, 1.54) is 11.3 Å². The standard InChI is InChI=1S/C13H16N8OS/c1-16-11(15)21-13-20-9(6-23-13)10-4-3-8(22-10)5-18-12(17-2)19-7-14/h3-4,6H,5H2,1-2H3,(H2,17,18,19)(H3,15,16,20,21). The van der Waals surface area contributed by atoms with E-state index in [1.54, 1.807) is 20.3 Å². The Balaban J connectivity index is 2.05. The lowest BCUT2D eigenvalue weighted by atomic mass is 10.3. The van der Waals surface area contributed by atoms with E-state index in [-0.39, 0.29) is 0 Å². The second-order valence-electron chi connectivity index (χ2n) is 4.19. The monoisotopic (exact) mass is 332 g/mol. The molecule has 120 valence electrons. The van der Waals surface area contributed by atoms with E-state index in [2.05, 4.69) is 30.9 Å². The number of hydrogen-bond acceptors (Lipinski definition) is 6. The van der Waals surface area contributed by atoms with Gasteiger partial charge in [-0.3, -0.25) is 0 Å². The number of nitrogens with two attached hydrogens (primary N) is 1. The molecule has 0 unspecified atom stereocenters. The van der Waals surface area contributed by atoms with Gasteiger partial charge < -0.3 is 26.1 Å². The lowest BCUT2D eigenvalue weighted by Crippen LogP contribution is -2.33. The third-order valence-corrected chi connectivity index (χ3v) is 3.44. The van der Waals surface area contributed by atoms with Gasteiger partial charge in [-0.25, -0.2) is 4.98 Å². The maximum absolute atomic E-state index is 8.53. The van der Waals surface area contributed by atoms with E-state index in [4.69, 9.17) is 15.4 Å². The zero-order valence-corrected chi connectivity index (χ0v) is 13.4. The highest BCUT2D eigenvalue weighted by Crippen LogP contribution is 2.27. The van der Waals surface area contributed by atoms with Crippen LogP contribution in [0.5, 0.6) is 0 Å². The van der Waals surface area contributed by atoms with Crippen LogP contribution in [-0.4, -0.2) is 31.0 Å². The van der Waals surface area contributed by atoms with Crippen molar-refractivity contribution in [2.45, 2.75) is 6.54 Å². The van der Waals surface area contributed by atoms with Gasteiger partial charge in [0.2, 0.25) is 17.3 Å². The predicted octanol–water partition coefficient (Wildman–Crippen LogP) is 0.715. The van der Waals surface area contributed by atoms with Crippen LogP contribution < -0.4 is 21.7 Å². The summed E-state index contributed by atoms with van der Waals surface area (Å²) < 4.78 is 5.71. The minimum Gasteiger partial charge on any atom is -0.458 e. The first-order valence-corrected chi connectivity index (χ1v) is 7.49. The fourth-order valence-corrected chi connectivity index (χ4v) is 2.29. The van der Waals surface area contributed by atoms with Gasteiger partial charge in [-0.2, -0.15) is 10.3 Å². The molecule has 5 N–H and O–H groups in total. The van der Waals surface area contributed by atoms with Gasteiger partial charge in [0.05, 0.1) is 6.54 Å². The van der Waals surface area contributed by atoms with E-state index >= 15 is 0 Å². The SMILES string of the molecule is CN/C(=N/C#N)NCc1ccc(-c2csc(/N=C(\N)NC)n2)o1. The molecule has 0 aliphatic carbocycles. The summed E-state index contributed by atoms with van der Waals surface area (Å²) in [6.45, 7) is 0.392. The first-order chi connectivity index (χ1) is 11.2. The lowest BCUT2D eigenvalue weighted by Gasteiger charge is -2.04. The summed E-state index contributed by atoms with van der Waals surface area (Å²) in [7, 11) is 3.36. The highest BCUT2D eigenvalue weighted by molar-refractivity contribution is 7.13. The molecular weight excluding hydrogens is 316 g/mol. The first kappa shape index (κ1) is 16.3. The van der Waals surface area contributed by atoms with Crippen LogP contribution in [0, 0.1) is 11.5 Å². The van der Waals surface area contributed by atoms with Crippen LogP contribution in [0.3, 0.4) is 0 Å². The Kier molecular flexibility index (Phi) is 5.54. The number of nitrogens with zero attached hydrogens (tertiary/aromatic N) is 4. The third-order valence-electron chi connectivity index (χ3n) is 2.71. The number of hydrogen-bond donors (Lipinski definition) is 4. The van der Waals surface area contributed by atoms with Crippen molar-refractivity contribution in [1.82, 2.24) is 20.9 Å². The van der Waals surface area contributed by atoms with Crippen molar-refractivity contribution >= 4 is 28.4 Å². The third kappa shape index (κ3) is 4.45. The highest BCUT2D eigenvalue weighted by atomic mass is 32.1. The molecule has 2 aromatic heterocycles. The molecule has 2 rings (SSSR count). The molecule has 2 aromatic rings. The molecule has 9 nitrogen and oxygen atoms in total. The first-order valence-electron chi connectivity index (χ1n) is 6.61. The van der Waals surface area contributed by atoms with E-state index in [9.17, 15) is 0 Å². The predicted molar refractivity (Wildman–Crippen MR) is 89.1 cm³/mol. The molecule has 0 spiro atoms.